The maximum Gasteiger partial charge on any atom is 0.135 e. The fraction of sp³-hybridized carbons (Fsp3) is 0. The highest BCUT2D eigenvalue weighted by Gasteiger charge is 1.97. The number of halogens is 2. The largest absolute Gasteiger partial charge is 0.506 e. The van der Waals surface area contributed by atoms with E-state index in [-0.39, 0.29) is 10.8 Å². The van der Waals surface area contributed by atoms with Crippen LogP contribution in [-0.2, 0) is 0 Å². The summed E-state index contributed by atoms with van der Waals surface area (Å²) >= 11 is 5.30. The van der Waals surface area contributed by atoms with Gasteiger partial charge >= 0.3 is 0 Å². The summed E-state index contributed by atoms with van der Waals surface area (Å²) in [7, 11) is 0. The maximum atomic E-state index is 12.1. The molecule has 0 spiro atoms. The molecule has 0 saturated heterocycles. The molecule has 1 nitrogen and oxygen atoms in total. The zero-order chi connectivity index (χ0) is 6.85. The van der Waals surface area contributed by atoms with E-state index in [2.05, 4.69) is 6.07 Å². The minimum Gasteiger partial charge on any atom is -0.506 e. The minimum atomic E-state index is -0.571. The van der Waals surface area contributed by atoms with Crippen molar-refractivity contribution in [3.8, 4) is 5.75 Å². The lowest BCUT2D eigenvalue weighted by molar-refractivity contribution is 0.473. The van der Waals surface area contributed by atoms with E-state index in [1.54, 1.807) is 0 Å². The van der Waals surface area contributed by atoms with E-state index in [0.29, 0.717) is 0 Å². The Labute approximate surface area is 56.7 Å². The Hall–Kier alpha value is -0.760. The molecule has 9 heavy (non-hydrogen) atoms. The predicted octanol–water partition coefficient (Wildman–Crippen LogP) is 1.98. The number of hydrogen-bond donors (Lipinski definition) is 1. The molecule has 0 aromatic heterocycles. The molecule has 1 radical (unpaired) electrons. The third kappa shape index (κ3) is 1.33. The Balaban J connectivity index is 3.17. The molecule has 0 aliphatic rings. The lowest BCUT2D eigenvalue weighted by Crippen LogP contribution is -1.72. The van der Waals surface area contributed by atoms with Gasteiger partial charge in [0.1, 0.15) is 11.6 Å². The third-order valence-electron chi connectivity index (χ3n) is 0.845. The maximum absolute atomic E-state index is 12.1. The van der Waals surface area contributed by atoms with Gasteiger partial charge in [0.05, 0.1) is 5.02 Å². The Bertz CT molecular complexity index is 224. The molecule has 1 N–H and O–H groups in total. The minimum absolute atomic E-state index is 0.00579. The van der Waals surface area contributed by atoms with Crippen molar-refractivity contribution in [2.24, 2.45) is 0 Å². The molecule has 1 aromatic rings. The highest BCUT2D eigenvalue weighted by Crippen LogP contribution is 2.21. The number of benzene rings is 1. The molecule has 0 aliphatic heterocycles. The average molecular weight is 146 g/mol. The summed E-state index contributed by atoms with van der Waals surface area (Å²) in [6, 6.07) is 4.22. The molecule has 1 rings (SSSR count). The third-order valence-corrected chi connectivity index (χ3v) is 1.15. The summed E-state index contributed by atoms with van der Waals surface area (Å²) in [5.41, 5.74) is 0. The van der Waals surface area contributed by atoms with Crippen LogP contribution in [0.15, 0.2) is 12.1 Å². The van der Waals surface area contributed by atoms with Crippen molar-refractivity contribution in [1.29, 1.82) is 0 Å². The first-order valence-electron chi connectivity index (χ1n) is 2.26. The normalized spacial score (nSPS) is 9.56. The van der Waals surface area contributed by atoms with Gasteiger partial charge in [0, 0.05) is 6.07 Å². The summed E-state index contributed by atoms with van der Waals surface area (Å²) < 4.78 is 12.1. The van der Waals surface area contributed by atoms with Crippen molar-refractivity contribution in [1.82, 2.24) is 0 Å². The topological polar surface area (TPSA) is 20.2 Å². The second-order valence-electron chi connectivity index (χ2n) is 1.51. The van der Waals surface area contributed by atoms with E-state index < -0.39 is 5.82 Å². The van der Waals surface area contributed by atoms with Gasteiger partial charge in [0.25, 0.3) is 0 Å². The molecule has 3 heteroatoms. The van der Waals surface area contributed by atoms with Crippen LogP contribution < -0.4 is 0 Å². The van der Waals surface area contributed by atoms with Crippen molar-refractivity contribution >= 4 is 11.6 Å². The summed E-state index contributed by atoms with van der Waals surface area (Å²) in [6.07, 6.45) is 0. The number of hydrogen-bond acceptors (Lipinski definition) is 1. The van der Waals surface area contributed by atoms with E-state index in [0.717, 1.165) is 12.1 Å². The number of phenolic OH excluding ortho intramolecular Hbond substituents is 1. The Kier molecular flexibility index (Phi) is 1.58. The van der Waals surface area contributed by atoms with Crippen molar-refractivity contribution in [3.63, 3.8) is 0 Å². The van der Waals surface area contributed by atoms with Gasteiger partial charge in [-0.05, 0) is 12.1 Å². The Morgan fingerprint density at radius 2 is 2.33 bits per heavy atom. The van der Waals surface area contributed by atoms with Crippen LogP contribution >= 0.6 is 11.6 Å². The van der Waals surface area contributed by atoms with Gasteiger partial charge in [-0.1, -0.05) is 11.6 Å². The van der Waals surface area contributed by atoms with Gasteiger partial charge in [0.15, 0.2) is 0 Å². The van der Waals surface area contributed by atoms with Crippen molar-refractivity contribution in [2.75, 3.05) is 0 Å². The molecule has 0 aliphatic carbocycles. The molecule has 1 aromatic carbocycles. The van der Waals surface area contributed by atoms with Gasteiger partial charge in [-0.25, -0.2) is 4.39 Å². The second kappa shape index (κ2) is 2.23. The quantitative estimate of drug-likeness (QED) is 0.592. The monoisotopic (exact) mass is 145 g/mol. The van der Waals surface area contributed by atoms with Gasteiger partial charge < -0.3 is 5.11 Å². The summed E-state index contributed by atoms with van der Waals surface area (Å²) in [6.45, 7) is 0. The molecule has 0 amide bonds. The number of rotatable bonds is 0. The van der Waals surface area contributed by atoms with Crippen LogP contribution in [0.25, 0.3) is 0 Å². The molecule has 0 bridgehead atoms. The van der Waals surface area contributed by atoms with E-state index in [9.17, 15) is 4.39 Å². The summed E-state index contributed by atoms with van der Waals surface area (Å²) in [4.78, 5) is 0. The van der Waals surface area contributed by atoms with Crippen LogP contribution in [-0.4, -0.2) is 5.11 Å². The first-order valence-corrected chi connectivity index (χ1v) is 2.63. The lowest BCUT2D eigenvalue weighted by Gasteiger charge is -1.92. The van der Waals surface area contributed by atoms with Crippen LogP contribution in [0.1, 0.15) is 0 Å². The van der Waals surface area contributed by atoms with Gasteiger partial charge in [-0.2, -0.15) is 0 Å². The lowest BCUT2D eigenvalue weighted by atomic mass is 10.3. The first kappa shape index (κ1) is 6.36. The van der Waals surface area contributed by atoms with Gasteiger partial charge in [-0.3, -0.25) is 0 Å². The predicted molar refractivity (Wildman–Crippen MR) is 31.9 cm³/mol. The summed E-state index contributed by atoms with van der Waals surface area (Å²) in [5, 5.41) is 8.72. The van der Waals surface area contributed by atoms with Crippen LogP contribution in [0.5, 0.6) is 5.75 Å². The van der Waals surface area contributed by atoms with Crippen LogP contribution in [0.3, 0.4) is 0 Å². The standard InChI is InChI=1S/C6H3ClFO/c7-5-3-4(8)1-2-6(5)9/h2-3,9H. The molecule has 0 unspecified atom stereocenters. The van der Waals surface area contributed by atoms with Crippen LogP contribution in [0.2, 0.25) is 5.02 Å². The highest BCUT2D eigenvalue weighted by molar-refractivity contribution is 6.31. The molecule has 0 heterocycles. The van der Waals surface area contributed by atoms with E-state index >= 15 is 0 Å². The van der Waals surface area contributed by atoms with Crippen molar-refractivity contribution in [3.05, 3.63) is 29.0 Å². The molecule has 0 saturated carbocycles. The Morgan fingerprint density at radius 3 is 2.78 bits per heavy atom. The fourth-order valence-corrected chi connectivity index (χ4v) is 0.583. The molecule has 0 atom stereocenters. The highest BCUT2D eigenvalue weighted by atomic mass is 35.5. The van der Waals surface area contributed by atoms with E-state index in [4.69, 9.17) is 16.7 Å². The molecule has 47 valence electrons. The number of aromatic hydroxyl groups is 1. The smallest absolute Gasteiger partial charge is 0.135 e. The van der Waals surface area contributed by atoms with Crippen molar-refractivity contribution < 1.29 is 9.50 Å². The molecular weight excluding hydrogens is 143 g/mol. The zero-order valence-corrected chi connectivity index (χ0v) is 5.11. The fourth-order valence-electron chi connectivity index (χ4n) is 0.433. The van der Waals surface area contributed by atoms with Crippen LogP contribution in [0.4, 0.5) is 4.39 Å². The Morgan fingerprint density at radius 1 is 1.67 bits per heavy atom. The number of phenols is 1. The molecule has 0 fully saturated rings. The van der Waals surface area contributed by atoms with E-state index in [1.807, 2.05) is 0 Å². The average Bonchev–Trinajstić information content (AvgIpc) is 1.80. The first-order chi connectivity index (χ1) is 4.20. The van der Waals surface area contributed by atoms with Crippen molar-refractivity contribution in [2.45, 2.75) is 0 Å². The summed E-state index contributed by atoms with van der Waals surface area (Å²) in [5.74, 6) is -0.726. The zero-order valence-electron chi connectivity index (χ0n) is 4.36. The van der Waals surface area contributed by atoms with Gasteiger partial charge in [-0.15, -0.1) is 0 Å². The van der Waals surface area contributed by atoms with E-state index in [1.165, 1.54) is 0 Å². The van der Waals surface area contributed by atoms with Crippen LogP contribution in [0, 0.1) is 11.9 Å². The van der Waals surface area contributed by atoms with Gasteiger partial charge in [0.2, 0.25) is 0 Å². The second-order valence-corrected chi connectivity index (χ2v) is 1.92. The SMILES string of the molecule is Oc1c[c]c(F)cc1Cl. The molecular formula is C6H3ClFO.